The van der Waals surface area contributed by atoms with Crippen LogP contribution in [0.1, 0.15) is 12.8 Å². The summed E-state index contributed by atoms with van der Waals surface area (Å²) in [6, 6.07) is 0. The second kappa shape index (κ2) is 3.98. The van der Waals surface area contributed by atoms with Crippen LogP contribution in [0.5, 0.6) is 0 Å². The Morgan fingerprint density at radius 2 is 2.06 bits per heavy atom. The molecule has 0 bridgehead atoms. The van der Waals surface area contributed by atoms with Gasteiger partial charge in [0.25, 0.3) is 0 Å². The second-order valence-corrected chi connectivity index (χ2v) is 5.81. The molecule has 3 rings (SSSR count). The van der Waals surface area contributed by atoms with Crippen molar-refractivity contribution in [2.75, 3.05) is 37.6 Å². The molecule has 1 aliphatic carbocycles. The number of piperazine rings is 1. The summed E-state index contributed by atoms with van der Waals surface area (Å²) in [5.41, 5.74) is 6.30. The highest BCUT2D eigenvalue weighted by atomic mass is 32.1. The smallest absolute Gasteiger partial charge is 0.185 e. The average molecular weight is 238 g/mol. The summed E-state index contributed by atoms with van der Waals surface area (Å²) in [6.07, 6.45) is 4.30. The number of rotatable bonds is 3. The lowest BCUT2D eigenvalue weighted by molar-refractivity contribution is 0.236. The molecule has 2 aliphatic rings. The lowest BCUT2D eigenvalue weighted by atomic mass is 10.2. The Balaban J connectivity index is 1.52. The van der Waals surface area contributed by atoms with Gasteiger partial charge in [0.2, 0.25) is 0 Å². The first-order valence-electron chi connectivity index (χ1n) is 5.91. The largest absolute Gasteiger partial charge is 0.346 e. The minimum Gasteiger partial charge on any atom is -0.346 e. The fourth-order valence-corrected chi connectivity index (χ4v) is 2.93. The average Bonchev–Trinajstić information content (AvgIpc) is 2.83. The van der Waals surface area contributed by atoms with E-state index in [-0.39, 0.29) is 5.54 Å². The van der Waals surface area contributed by atoms with Crippen molar-refractivity contribution in [1.29, 1.82) is 0 Å². The van der Waals surface area contributed by atoms with Crippen molar-refractivity contribution in [2.45, 2.75) is 18.4 Å². The molecule has 0 spiro atoms. The number of hydrogen-bond donors (Lipinski definition) is 1. The Kier molecular flexibility index (Phi) is 2.61. The molecule has 2 N–H and O–H groups in total. The molecule has 5 heteroatoms. The van der Waals surface area contributed by atoms with Crippen LogP contribution in [0.2, 0.25) is 0 Å². The predicted molar refractivity (Wildman–Crippen MR) is 66.9 cm³/mol. The standard InChI is InChI=1S/C11H18N4S/c12-11(1-2-11)9-14-4-6-15(7-5-14)10-13-3-8-16-10/h3,8H,1-2,4-7,9,12H2. The molecule has 0 amide bonds. The van der Waals surface area contributed by atoms with Gasteiger partial charge in [-0.3, -0.25) is 4.90 Å². The fraction of sp³-hybridized carbons (Fsp3) is 0.727. The lowest BCUT2D eigenvalue weighted by Gasteiger charge is -2.35. The molecule has 1 saturated heterocycles. The van der Waals surface area contributed by atoms with E-state index in [2.05, 4.69) is 14.8 Å². The zero-order valence-electron chi connectivity index (χ0n) is 9.43. The second-order valence-electron chi connectivity index (χ2n) is 4.94. The normalized spacial score (nSPS) is 24.7. The third-order valence-corrected chi connectivity index (χ3v) is 4.33. The van der Waals surface area contributed by atoms with E-state index in [1.54, 1.807) is 11.3 Å². The topological polar surface area (TPSA) is 45.4 Å². The van der Waals surface area contributed by atoms with Crippen LogP contribution >= 0.6 is 11.3 Å². The Labute approximate surface area is 100 Å². The molecule has 0 radical (unpaired) electrons. The summed E-state index contributed by atoms with van der Waals surface area (Å²) < 4.78 is 0. The minimum atomic E-state index is 0.156. The Hall–Kier alpha value is -0.650. The zero-order chi connectivity index (χ0) is 11.0. The molecule has 2 heterocycles. The molecule has 1 aliphatic heterocycles. The molecule has 1 aromatic rings. The maximum atomic E-state index is 6.14. The first-order chi connectivity index (χ1) is 7.75. The third-order valence-electron chi connectivity index (χ3n) is 3.49. The number of thiazole rings is 1. The summed E-state index contributed by atoms with van der Waals surface area (Å²) in [5.74, 6) is 0. The first-order valence-corrected chi connectivity index (χ1v) is 6.79. The molecule has 4 nitrogen and oxygen atoms in total. The van der Waals surface area contributed by atoms with Gasteiger partial charge < -0.3 is 10.6 Å². The highest BCUT2D eigenvalue weighted by Crippen LogP contribution is 2.33. The highest BCUT2D eigenvalue weighted by Gasteiger charge is 2.40. The Morgan fingerprint density at radius 1 is 1.31 bits per heavy atom. The van der Waals surface area contributed by atoms with E-state index >= 15 is 0 Å². The van der Waals surface area contributed by atoms with Crippen molar-refractivity contribution in [3.8, 4) is 0 Å². The van der Waals surface area contributed by atoms with Gasteiger partial charge in [-0.1, -0.05) is 0 Å². The summed E-state index contributed by atoms with van der Waals surface area (Å²) >= 11 is 1.73. The van der Waals surface area contributed by atoms with Gasteiger partial charge in [0.15, 0.2) is 5.13 Å². The van der Waals surface area contributed by atoms with Gasteiger partial charge in [0.1, 0.15) is 0 Å². The van der Waals surface area contributed by atoms with E-state index in [9.17, 15) is 0 Å². The van der Waals surface area contributed by atoms with Crippen molar-refractivity contribution in [3.63, 3.8) is 0 Å². The zero-order valence-corrected chi connectivity index (χ0v) is 10.2. The van der Waals surface area contributed by atoms with E-state index in [1.807, 2.05) is 11.6 Å². The van der Waals surface area contributed by atoms with Crippen molar-refractivity contribution in [1.82, 2.24) is 9.88 Å². The first kappa shape index (κ1) is 10.5. The fourth-order valence-electron chi connectivity index (χ4n) is 2.23. The van der Waals surface area contributed by atoms with Crippen LogP contribution in [0.15, 0.2) is 11.6 Å². The van der Waals surface area contributed by atoms with E-state index in [0.29, 0.717) is 0 Å². The van der Waals surface area contributed by atoms with Gasteiger partial charge >= 0.3 is 0 Å². The molecule has 16 heavy (non-hydrogen) atoms. The van der Waals surface area contributed by atoms with Crippen LogP contribution in [0.25, 0.3) is 0 Å². The van der Waals surface area contributed by atoms with Gasteiger partial charge in [-0.05, 0) is 12.8 Å². The summed E-state index contributed by atoms with van der Waals surface area (Å²) in [7, 11) is 0. The van der Waals surface area contributed by atoms with Crippen LogP contribution in [0, 0.1) is 0 Å². The SMILES string of the molecule is NC1(CN2CCN(c3nccs3)CC2)CC1. The summed E-state index contributed by atoms with van der Waals surface area (Å²) in [6.45, 7) is 5.50. The molecular weight excluding hydrogens is 220 g/mol. The molecule has 1 aromatic heterocycles. The van der Waals surface area contributed by atoms with E-state index in [1.165, 1.54) is 12.8 Å². The van der Waals surface area contributed by atoms with Crippen molar-refractivity contribution >= 4 is 16.5 Å². The van der Waals surface area contributed by atoms with Crippen molar-refractivity contribution in [2.24, 2.45) is 5.73 Å². The molecular formula is C11H18N4S. The number of nitrogens with zero attached hydrogens (tertiary/aromatic N) is 3. The Morgan fingerprint density at radius 3 is 2.62 bits per heavy atom. The van der Waals surface area contributed by atoms with Gasteiger partial charge in [0.05, 0.1) is 0 Å². The molecule has 88 valence electrons. The predicted octanol–water partition coefficient (Wildman–Crippen LogP) is 0.756. The van der Waals surface area contributed by atoms with Gasteiger partial charge in [-0.2, -0.15) is 0 Å². The van der Waals surface area contributed by atoms with Crippen LogP contribution < -0.4 is 10.6 Å². The monoisotopic (exact) mass is 238 g/mol. The molecule has 0 unspecified atom stereocenters. The quantitative estimate of drug-likeness (QED) is 0.844. The number of nitrogens with two attached hydrogens (primary N) is 1. The van der Waals surface area contributed by atoms with E-state index < -0.39 is 0 Å². The van der Waals surface area contributed by atoms with Crippen LogP contribution in [-0.4, -0.2) is 48.1 Å². The maximum absolute atomic E-state index is 6.14. The molecule has 0 aromatic carbocycles. The van der Waals surface area contributed by atoms with Gasteiger partial charge in [-0.25, -0.2) is 4.98 Å². The highest BCUT2D eigenvalue weighted by molar-refractivity contribution is 7.13. The minimum absolute atomic E-state index is 0.156. The van der Waals surface area contributed by atoms with Crippen LogP contribution in [0.4, 0.5) is 5.13 Å². The summed E-state index contributed by atoms with van der Waals surface area (Å²) in [5, 5.41) is 3.20. The van der Waals surface area contributed by atoms with Crippen molar-refractivity contribution < 1.29 is 0 Å². The maximum Gasteiger partial charge on any atom is 0.185 e. The van der Waals surface area contributed by atoms with Crippen LogP contribution in [0.3, 0.4) is 0 Å². The third kappa shape index (κ3) is 2.21. The summed E-state index contributed by atoms with van der Waals surface area (Å²) in [4.78, 5) is 9.22. The Bertz CT molecular complexity index is 339. The molecule has 0 atom stereocenters. The number of anilines is 1. The van der Waals surface area contributed by atoms with Gasteiger partial charge in [-0.15, -0.1) is 11.3 Å². The lowest BCUT2D eigenvalue weighted by Crippen LogP contribution is -2.50. The molecule has 1 saturated carbocycles. The van der Waals surface area contributed by atoms with E-state index in [0.717, 1.165) is 37.9 Å². The van der Waals surface area contributed by atoms with Crippen LogP contribution in [-0.2, 0) is 0 Å². The van der Waals surface area contributed by atoms with E-state index in [4.69, 9.17) is 5.73 Å². The number of hydrogen-bond acceptors (Lipinski definition) is 5. The molecule has 2 fully saturated rings. The van der Waals surface area contributed by atoms with Crippen molar-refractivity contribution in [3.05, 3.63) is 11.6 Å². The number of aromatic nitrogens is 1. The van der Waals surface area contributed by atoms with Gasteiger partial charge in [0, 0.05) is 49.8 Å².